The summed E-state index contributed by atoms with van der Waals surface area (Å²) in [6, 6.07) is 0. The number of hydrogen-bond donors (Lipinski definition) is 0. The molecule has 0 saturated heterocycles. The van der Waals surface area contributed by atoms with Crippen molar-refractivity contribution in [2.45, 2.75) is 162 Å². The van der Waals surface area contributed by atoms with Gasteiger partial charge in [-0.15, -0.1) is 0 Å². The van der Waals surface area contributed by atoms with Gasteiger partial charge in [0.1, 0.15) is 0 Å². The normalized spacial score (nSPS) is 12.0. The van der Waals surface area contributed by atoms with Crippen LogP contribution < -0.4 is 0 Å². The van der Waals surface area contributed by atoms with Crippen molar-refractivity contribution >= 4 is 0 Å². The Morgan fingerprint density at radius 2 is 0.778 bits per heavy atom. The molecule has 0 saturated carbocycles. The van der Waals surface area contributed by atoms with Gasteiger partial charge in [-0.2, -0.15) is 0 Å². The molecule has 0 bridgehead atoms. The Morgan fingerprint density at radius 1 is 0.444 bits per heavy atom. The standard InChI is InChI=1S/C26H54O/c1-5-7-9-10-11-12-13-14-15-16-17-18-19-20-21-23-25-27-26(3,4)24-22-8-6-2/h5-25H2,1-4H3. The van der Waals surface area contributed by atoms with E-state index in [-0.39, 0.29) is 5.60 Å². The molecule has 0 N–H and O–H groups in total. The number of rotatable bonds is 22. The molecule has 0 fully saturated rings. The number of ether oxygens (including phenoxy) is 1. The largest absolute Gasteiger partial charge is 0.376 e. The van der Waals surface area contributed by atoms with E-state index >= 15 is 0 Å². The monoisotopic (exact) mass is 382 g/mol. The zero-order valence-corrected chi connectivity index (χ0v) is 19.8. The van der Waals surface area contributed by atoms with E-state index in [1.807, 2.05) is 0 Å². The van der Waals surface area contributed by atoms with Crippen LogP contribution in [0.4, 0.5) is 0 Å². The van der Waals surface area contributed by atoms with Gasteiger partial charge in [0, 0.05) is 6.61 Å². The lowest BCUT2D eigenvalue weighted by Gasteiger charge is -2.25. The zero-order valence-electron chi connectivity index (χ0n) is 19.8. The van der Waals surface area contributed by atoms with E-state index in [4.69, 9.17) is 4.74 Å². The highest BCUT2D eigenvalue weighted by atomic mass is 16.5. The van der Waals surface area contributed by atoms with Crippen molar-refractivity contribution in [3.8, 4) is 0 Å². The predicted octanol–water partition coefficient (Wildman–Crippen LogP) is 9.62. The van der Waals surface area contributed by atoms with Crippen molar-refractivity contribution in [2.24, 2.45) is 0 Å². The van der Waals surface area contributed by atoms with Gasteiger partial charge in [0.2, 0.25) is 0 Å². The minimum atomic E-state index is 0.0880. The zero-order chi connectivity index (χ0) is 20.1. The van der Waals surface area contributed by atoms with Crippen LogP contribution in [-0.2, 0) is 4.74 Å². The topological polar surface area (TPSA) is 9.23 Å². The van der Waals surface area contributed by atoms with Gasteiger partial charge in [0.25, 0.3) is 0 Å². The molecule has 0 amide bonds. The van der Waals surface area contributed by atoms with Crippen LogP contribution in [0.15, 0.2) is 0 Å². The van der Waals surface area contributed by atoms with Gasteiger partial charge < -0.3 is 4.74 Å². The minimum absolute atomic E-state index is 0.0880. The fraction of sp³-hybridized carbons (Fsp3) is 1.00. The van der Waals surface area contributed by atoms with Gasteiger partial charge >= 0.3 is 0 Å². The van der Waals surface area contributed by atoms with Crippen molar-refractivity contribution in [1.82, 2.24) is 0 Å². The summed E-state index contributed by atoms with van der Waals surface area (Å²) in [6.07, 6.45) is 28.0. The summed E-state index contributed by atoms with van der Waals surface area (Å²) in [7, 11) is 0. The second-order valence-corrected chi connectivity index (χ2v) is 9.37. The molecule has 0 aromatic carbocycles. The summed E-state index contributed by atoms with van der Waals surface area (Å²) in [4.78, 5) is 0. The number of hydrogen-bond acceptors (Lipinski definition) is 1. The summed E-state index contributed by atoms with van der Waals surface area (Å²) in [5.74, 6) is 0. The molecular formula is C26H54O. The molecule has 0 spiro atoms. The quantitative estimate of drug-likeness (QED) is 0.169. The summed E-state index contributed by atoms with van der Waals surface area (Å²) in [5, 5.41) is 0. The maximum atomic E-state index is 6.10. The maximum Gasteiger partial charge on any atom is 0.0626 e. The molecule has 0 aromatic rings. The molecule has 1 heteroatoms. The second kappa shape index (κ2) is 20.7. The number of unbranched alkanes of at least 4 members (excludes halogenated alkanes) is 17. The highest BCUT2D eigenvalue weighted by Gasteiger charge is 2.16. The first-order valence-corrected chi connectivity index (χ1v) is 12.8. The van der Waals surface area contributed by atoms with Gasteiger partial charge in [-0.25, -0.2) is 0 Å². The van der Waals surface area contributed by atoms with Crippen LogP contribution in [-0.4, -0.2) is 12.2 Å². The van der Waals surface area contributed by atoms with Gasteiger partial charge in [-0.1, -0.05) is 129 Å². The van der Waals surface area contributed by atoms with E-state index in [1.165, 1.54) is 128 Å². The van der Waals surface area contributed by atoms with Crippen LogP contribution in [0.5, 0.6) is 0 Å². The van der Waals surface area contributed by atoms with Gasteiger partial charge in [-0.3, -0.25) is 0 Å². The maximum absolute atomic E-state index is 6.10. The predicted molar refractivity (Wildman–Crippen MR) is 124 cm³/mol. The minimum Gasteiger partial charge on any atom is -0.376 e. The van der Waals surface area contributed by atoms with Crippen molar-refractivity contribution in [3.63, 3.8) is 0 Å². The summed E-state index contributed by atoms with van der Waals surface area (Å²) in [6.45, 7) is 10.0. The Bertz CT molecular complexity index is 271. The third-order valence-corrected chi connectivity index (χ3v) is 5.87. The summed E-state index contributed by atoms with van der Waals surface area (Å²) < 4.78 is 6.10. The van der Waals surface area contributed by atoms with Crippen LogP contribution in [0.25, 0.3) is 0 Å². The molecular weight excluding hydrogens is 328 g/mol. The Hall–Kier alpha value is -0.0400. The van der Waals surface area contributed by atoms with E-state index in [1.54, 1.807) is 0 Å². The molecule has 0 rings (SSSR count). The third kappa shape index (κ3) is 22.1. The van der Waals surface area contributed by atoms with Crippen molar-refractivity contribution < 1.29 is 4.74 Å². The van der Waals surface area contributed by atoms with E-state index in [0.29, 0.717) is 0 Å². The SMILES string of the molecule is CCCCCCCCCCCCCCCCCCOC(C)(C)CCCCC. The van der Waals surface area contributed by atoms with Crippen LogP contribution in [0.3, 0.4) is 0 Å². The third-order valence-electron chi connectivity index (χ3n) is 5.87. The molecule has 0 aliphatic carbocycles. The Balaban J connectivity index is 3.16. The molecule has 0 heterocycles. The molecule has 0 radical (unpaired) electrons. The molecule has 0 aliphatic rings. The van der Waals surface area contributed by atoms with Crippen molar-refractivity contribution in [3.05, 3.63) is 0 Å². The smallest absolute Gasteiger partial charge is 0.0626 e. The average molecular weight is 383 g/mol. The highest BCUT2D eigenvalue weighted by Crippen LogP contribution is 2.19. The van der Waals surface area contributed by atoms with Crippen LogP contribution in [0.1, 0.15) is 156 Å². The van der Waals surface area contributed by atoms with E-state index in [9.17, 15) is 0 Å². The van der Waals surface area contributed by atoms with E-state index in [2.05, 4.69) is 27.7 Å². The van der Waals surface area contributed by atoms with Crippen LogP contribution in [0, 0.1) is 0 Å². The first kappa shape index (κ1) is 27.0. The first-order chi connectivity index (χ1) is 13.1. The van der Waals surface area contributed by atoms with E-state index in [0.717, 1.165) is 6.61 Å². The summed E-state index contributed by atoms with van der Waals surface area (Å²) in [5.41, 5.74) is 0.0880. The van der Waals surface area contributed by atoms with Gasteiger partial charge in [-0.05, 0) is 26.7 Å². The fourth-order valence-electron chi connectivity index (χ4n) is 3.87. The molecule has 1 nitrogen and oxygen atoms in total. The second-order valence-electron chi connectivity index (χ2n) is 9.37. The Morgan fingerprint density at radius 3 is 1.19 bits per heavy atom. The first-order valence-electron chi connectivity index (χ1n) is 12.8. The highest BCUT2D eigenvalue weighted by molar-refractivity contribution is 4.68. The lowest BCUT2D eigenvalue weighted by atomic mass is 10.0. The van der Waals surface area contributed by atoms with Crippen LogP contribution >= 0.6 is 0 Å². The van der Waals surface area contributed by atoms with Crippen molar-refractivity contribution in [2.75, 3.05) is 6.61 Å². The van der Waals surface area contributed by atoms with Crippen molar-refractivity contribution in [1.29, 1.82) is 0 Å². The summed E-state index contributed by atoms with van der Waals surface area (Å²) >= 11 is 0. The van der Waals surface area contributed by atoms with Gasteiger partial charge in [0.05, 0.1) is 5.60 Å². The van der Waals surface area contributed by atoms with Crippen LogP contribution in [0.2, 0.25) is 0 Å². The molecule has 164 valence electrons. The molecule has 0 unspecified atom stereocenters. The molecule has 27 heavy (non-hydrogen) atoms. The Kier molecular flexibility index (Phi) is 20.7. The van der Waals surface area contributed by atoms with Gasteiger partial charge in [0.15, 0.2) is 0 Å². The average Bonchev–Trinajstić information content (AvgIpc) is 2.64. The Labute approximate surface area is 173 Å². The molecule has 0 aliphatic heterocycles. The lowest BCUT2D eigenvalue weighted by molar-refractivity contribution is -0.0266. The van der Waals surface area contributed by atoms with E-state index < -0.39 is 0 Å². The fourth-order valence-corrected chi connectivity index (χ4v) is 3.87. The lowest BCUT2D eigenvalue weighted by Crippen LogP contribution is -2.24. The molecule has 0 atom stereocenters. The molecule has 0 aromatic heterocycles.